The second-order valence-electron chi connectivity index (χ2n) is 8.05. The molecule has 1 N–H and O–H groups in total. The molecule has 2 heterocycles. The number of benzene rings is 2. The summed E-state index contributed by atoms with van der Waals surface area (Å²) in [4.78, 5) is 14.8. The van der Waals surface area contributed by atoms with Crippen LogP contribution in [0.15, 0.2) is 47.0 Å². The summed E-state index contributed by atoms with van der Waals surface area (Å²) < 4.78 is 10.7. The van der Waals surface area contributed by atoms with E-state index in [1.165, 1.54) is 7.11 Å². The van der Waals surface area contributed by atoms with E-state index >= 15 is 0 Å². The van der Waals surface area contributed by atoms with Crippen LogP contribution in [0.5, 0.6) is 5.75 Å². The average Bonchev–Trinajstić information content (AvgIpc) is 3.26. The Balaban J connectivity index is 1.26. The second kappa shape index (κ2) is 10.8. The Hall–Kier alpha value is -2.25. The van der Waals surface area contributed by atoms with Gasteiger partial charge in [-0.15, -0.1) is 0 Å². The first kappa shape index (κ1) is 23.9. The number of methoxy groups -OCH3 is 1. The number of likely N-dealkylation sites (tertiary alicyclic amines) is 1. The minimum absolute atomic E-state index is 0.125. The molecule has 0 spiro atoms. The smallest absolute Gasteiger partial charge is 0.251 e. The van der Waals surface area contributed by atoms with Crippen LogP contribution in [0.4, 0.5) is 0 Å². The van der Waals surface area contributed by atoms with Crippen LogP contribution >= 0.6 is 34.8 Å². The number of amides is 1. The van der Waals surface area contributed by atoms with E-state index in [1.807, 2.05) is 6.07 Å². The lowest BCUT2D eigenvalue weighted by Gasteiger charge is -2.31. The molecule has 0 atom stereocenters. The number of hydrogen-bond donors (Lipinski definition) is 1. The zero-order chi connectivity index (χ0) is 23.4. The van der Waals surface area contributed by atoms with Crippen LogP contribution in [-0.4, -0.2) is 42.7 Å². The summed E-state index contributed by atoms with van der Waals surface area (Å²) in [5, 5.41) is 8.74. The molecule has 1 fully saturated rings. The fourth-order valence-electron chi connectivity index (χ4n) is 3.96. The van der Waals surface area contributed by atoms with E-state index in [2.05, 4.69) is 15.4 Å². The van der Waals surface area contributed by atoms with E-state index in [-0.39, 0.29) is 5.91 Å². The number of carbonyl (C=O) groups excluding carboxylic acids is 1. The molecule has 174 valence electrons. The van der Waals surface area contributed by atoms with Crippen LogP contribution in [0.1, 0.15) is 29.0 Å². The first-order valence-electron chi connectivity index (χ1n) is 10.7. The number of carbonyl (C=O) groups is 1. The van der Waals surface area contributed by atoms with E-state index in [0.717, 1.165) is 31.7 Å². The van der Waals surface area contributed by atoms with Crippen molar-refractivity contribution in [3.8, 4) is 17.0 Å². The van der Waals surface area contributed by atoms with Gasteiger partial charge < -0.3 is 14.6 Å². The maximum Gasteiger partial charge on any atom is 0.251 e. The highest BCUT2D eigenvalue weighted by molar-refractivity contribution is 6.39. The van der Waals surface area contributed by atoms with Crippen LogP contribution in [0.25, 0.3) is 11.3 Å². The van der Waals surface area contributed by atoms with Gasteiger partial charge in [0, 0.05) is 23.7 Å². The lowest BCUT2D eigenvalue weighted by Crippen LogP contribution is -2.38. The van der Waals surface area contributed by atoms with Gasteiger partial charge in [0.2, 0.25) is 0 Å². The number of hydrogen-bond acceptors (Lipinski definition) is 5. The molecule has 1 aromatic heterocycles. The Bertz CT molecular complexity index is 1110. The third-order valence-electron chi connectivity index (χ3n) is 5.83. The Morgan fingerprint density at radius 3 is 2.55 bits per heavy atom. The SMILES string of the molecule is COc1cc(C(=O)NCC2CCN(Cc3cc(-c4c(Cl)cccc4Cl)no3)CC2)ccc1Cl. The predicted octanol–water partition coefficient (Wildman–Crippen LogP) is 5.95. The topological polar surface area (TPSA) is 67.6 Å². The molecule has 9 heteroatoms. The highest BCUT2D eigenvalue weighted by atomic mass is 35.5. The van der Waals surface area contributed by atoms with E-state index < -0.39 is 0 Å². The summed E-state index contributed by atoms with van der Waals surface area (Å²) in [6.45, 7) is 3.13. The molecule has 0 unspecified atom stereocenters. The molecule has 33 heavy (non-hydrogen) atoms. The van der Waals surface area contributed by atoms with Crippen LogP contribution in [-0.2, 0) is 6.54 Å². The number of piperidine rings is 1. The van der Waals surface area contributed by atoms with Gasteiger partial charge in [0.25, 0.3) is 5.91 Å². The Labute approximate surface area is 207 Å². The summed E-state index contributed by atoms with van der Waals surface area (Å²) in [5.74, 6) is 1.56. The molecule has 1 aliphatic heterocycles. The van der Waals surface area contributed by atoms with Gasteiger partial charge >= 0.3 is 0 Å². The summed E-state index contributed by atoms with van der Waals surface area (Å²) >= 11 is 18.6. The van der Waals surface area contributed by atoms with E-state index in [1.54, 1.807) is 36.4 Å². The molecule has 0 saturated carbocycles. The van der Waals surface area contributed by atoms with E-state index in [9.17, 15) is 4.79 Å². The van der Waals surface area contributed by atoms with Crippen LogP contribution < -0.4 is 10.1 Å². The van der Waals surface area contributed by atoms with Gasteiger partial charge in [0.15, 0.2) is 5.76 Å². The quantitative estimate of drug-likeness (QED) is 0.427. The van der Waals surface area contributed by atoms with Crippen molar-refractivity contribution in [2.45, 2.75) is 19.4 Å². The second-order valence-corrected chi connectivity index (χ2v) is 9.28. The van der Waals surface area contributed by atoms with Gasteiger partial charge in [-0.25, -0.2) is 0 Å². The molecule has 3 aromatic rings. The van der Waals surface area contributed by atoms with Crippen molar-refractivity contribution >= 4 is 40.7 Å². The van der Waals surface area contributed by atoms with Gasteiger partial charge in [-0.1, -0.05) is 46.0 Å². The van der Waals surface area contributed by atoms with E-state index in [4.69, 9.17) is 44.1 Å². The highest BCUT2D eigenvalue weighted by Crippen LogP contribution is 2.34. The molecule has 6 nitrogen and oxygen atoms in total. The minimum atomic E-state index is -0.125. The molecule has 0 aliphatic carbocycles. The number of rotatable bonds is 7. The van der Waals surface area contributed by atoms with Gasteiger partial charge in [0.1, 0.15) is 11.4 Å². The van der Waals surface area contributed by atoms with E-state index in [0.29, 0.717) is 56.6 Å². The lowest BCUT2D eigenvalue weighted by molar-refractivity contribution is 0.0933. The van der Waals surface area contributed by atoms with Crippen molar-refractivity contribution in [3.05, 3.63) is 68.9 Å². The van der Waals surface area contributed by atoms with Crippen LogP contribution in [0.2, 0.25) is 15.1 Å². The molecule has 4 rings (SSSR count). The molecular weight excluding hydrogens is 485 g/mol. The number of halogens is 3. The van der Waals surface area contributed by atoms with Crippen molar-refractivity contribution in [2.75, 3.05) is 26.7 Å². The molecule has 2 aromatic carbocycles. The average molecular weight is 509 g/mol. The zero-order valence-electron chi connectivity index (χ0n) is 18.1. The van der Waals surface area contributed by atoms with Crippen LogP contribution in [0.3, 0.4) is 0 Å². The number of aromatic nitrogens is 1. The third-order valence-corrected chi connectivity index (χ3v) is 6.77. The first-order valence-corrected chi connectivity index (χ1v) is 11.8. The molecule has 0 radical (unpaired) electrons. The molecule has 1 saturated heterocycles. The maximum absolute atomic E-state index is 12.5. The highest BCUT2D eigenvalue weighted by Gasteiger charge is 2.22. The summed E-state index contributed by atoms with van der Waals surface area (Å²) in [5.41, 5.74) is 1.86. The van der Waals surface area contributed by atoms with Gasteiger partial charge in [-0.05, 0) is 62.2 Å². The predicted molar refractivity (Wildman–Crippen MR) is 130 cm³/mol. The monoisotopic (exact) mass is 507 g/mol. The van der Waals surface area contributed by atoms with Crippen LogP contribution in [0, 0.1) is 5.92 Å². The standard InChI is InChI=1S/C24H24Cl3N3O3/c1-32-22-11-16(5-6-18(22)25)24(31)28-13-15-7-9-30(10-8-15)14-17-12-21(29-33-17)23-19(26)3-2-4-20(23)27/h2-6,11-12,15H,7-10,13-14H2,1H3,(H,28,31). The fourth-order valence-corrected chi connectivity index (χ4v) is 4.74. The van der Waals surface area contributed by atoms with Crippen molar-refractivity contribution in [1.29, 1.82) is 0 Å². The van der Waals surface area contributed by atoms with Gasteiger partial charge in [0.05, 0.1) is 28.7 Å². The summed E-state index contributed by atoms with van der Waals surface area (Å²) in [6, 6.07) is 12.3. The Morgan fingerprint density at radius 1 is 1.12 bits per heavy atom. The first-order chi connectivity index (χ1) is 15.9. The third kappa shape index (κ3) is 5.82. The Morgan fingerprint density at radius 2 is 1.85 bits per heavy atom. The lowest BCUT2D eigenvalue weighted by atomic mass is 9.96. The molecule has 1 amide bonds. The molecule has 1 aliphatic rings. The largest absolute Gasteiger partial charge is 0.495 e. The summed E-state index contributed by atoms with van der Waals surface area (Å²) in [6.07, 6.45) is 1.98. The van der Waals surface area contributed by atoms with Crippen molar-refractivity contribution in [3.63, 3.8) is 0 Å². The minimum Gasteiger partial charge on any atom is -0.495 e. The zero-order valence-corrected chi connectivity index (χ0v) is 20.4. The number of ether oxygens (including phenoxy) is 1. The van der Waals surface area contributed by atoms with Gasteiger partial charge in [-0.2, -0.15) is 0 Å². The maximum atomic E-state index is 12.5. The van der Waals surface area contributed by atoms with Gasteiger partial charge in [-0.3, -0.25) is 9.69 Å². The normalized spacial score (nSPS) is 14.9. The number of nitrogens with one attached hydrogen (secondary N) is 1. The molecular formula is C24H24Cl3N3O3. The van der Waals surface area contributed by atoms with Crippen molar-refractivity contribution in [2.24, 2.45) is 5.92 Å². The summed E-state index contributed by atoms with van der Waals surface area (Å²) in [7, 11) is 1.53. The Kier molecular flexibility index (Phi) is 7.81. The molecule has 0 bridgehead atoms. The fraction of sp³-hybridized carbons (Fsp3) is 0.333. The van der Waals surface area contributed by atoms with Crippen molar-refractivity contribution in [1.82, 2.24) is 15.4 Å². The van der Waals surface area contributed by atoms with Crippen molar-refractivity contribution < 1.29 is 14.1 Å². The number of nitrogens with zero attached hydrogens (tertiary/aromatic N) is 2.